The quantitative estimate of drug-likeness (QED) is 0.539. The van der Waals surface area contributed by atoms with Gasteiger partial charge in [0.25, 0.3) is 0 Å². The molecule has 3 atom stereocenters. The van der Waals surface area contributed by atoms with Crippen molar-refractivity contribution in [2.45, 2.75) is 32.4 Å². The highest BCUT2D eigenvalue weighted by atomic mass is 16.6. The summed E-state index contributed by atoms with van der Waals surface area (Å²) in [5, 5.41) is 11.5. The molecule has 0 aliphatic heterocycles. The third-order valence-electron chi connectivity index (χ3n) is 3.35. The predicted octanol–water partition coefficient (Wildman–Crippen LogP) is 0.172. The van der Waals surface area contributed by atoms with Crippen molar-refractivity contribution in [3.63, 3.8) is 0 Å². The van der Waals surface area contributed by atoms with Crippen molar-refractivity contribution in [1.82, 2.24) is 5.32 Å². The van der Waals surface area contributed by atoms with Crippen LogP contribution in [-0.4, -0.2) is 55.0 Å². The maximum absolute atomic E-state index is 11.8. The van der Waals surface area contributed by atoms with Crippen molar-refractivity contribution in [2.75, 3.05) is 14.2 Å². The second-order valence-electron chi connectivity index (χ2n) is 6.14. The average molecular weight is 331 g/mol. The Balaban J connectivity index is 2.92. The fraction of sp³-hybridized carbons (Fsp3) is 0.714. The molecule has 1 saturated carbocycles. The number of nitrogens with one attached hydrogen (secondary N) is 1. The van der Waals surface area contributed by atoms with Gasteiger partial charge in [-0.3, -0.25) is 9.59 Å². The van der Waals surface area contributed by atoms with Crippen LogP contribution >= 0.6 is 0 Å². The molecule has 0 spiro atoms. The van der Waals surface area contributed by atoms with E-state index in [0.29, 0.717) is 0 Å². The molecule has 0 bridgehead atoms. The molecule has 0 aromatic rings. The number of hydrogen-bond acceptors (Lipinski definition) is 7. The summed E-state index contributed by atoms with van der Waals surface area (Å²) in [6, 6.07) is -1.47. The number of amides is 1. The lowest BCUT2D eigenvalue weighted by molar-refractivity contribution is -0.148. The van der Waals surface area contributed by atoms with Crippen LogP contribution in [0.15, 0.2) is 0 Å². The minimum atomic E-state index is -1.47. The standard InChI is InChI=1S/C14H21NO8/c1-14(2,3)23-13(20)15-9(10(16)17)6-7(11(18)21-4)8(6)12(19)22-5/h6-9H,1-5H3,(H,15,20)(H,16,17)/t6?,7?,8?,9-/m1/s1. The van der Waals surface area contributed by atoms with Crippen LogP contribution in [0.3, 0.4) is 0 Å². The van der Waals surface area contributed by atoms with E-state index in [0.717, 1.165) is 14.2 Å². The highest BCUT2D eigenvalue weighted by molar-refractivity contribution is 5.92. The fourth-order valence-electron chi connectivity index (χ4n) is 2.39. The van der Waals surface area contributed by atoms with E-state index in [2.05, 4.69) is 14.8 Å². The smallest absolute Gasteiger partial charge is 0.408 e. The number of esters is 2. The summed E-state index contributed by atoms with van der Waals surface area (Å²) in [6.07, 6.45) is -0.955. The van der Waals surface area contributed by atoms with Crippen molar-refractivity contribution >= 4 is 24.0 Å². The molecule has 130 valence electrons. The van der Waals surface area contributed by atoms with Gasteiger partial charge in [-0.1, -0.05) is 0 Å². The number of alkyl carbamates (subject to hydrolysis) is 1. The molecule has 2 N–H and O–H groups in total. The van der Waals surface area contributed by atoms with Crippen LogP contribution in [0.1, 0.15) is 20.8 Å². The lowest BCUT2D eigenvalue weighted by atomic mass is 10.1. The number of ether oxygens (including phenoxy) is 3. The second kappa shape index (κ2) is 6.84. The van der Waals surface area contributed by atoms with E-state index in [9.17, 15) is 24.3 Å². The van der Waals surface area contributed by atoms with Gasteiger partial charge >= 0.3 is 24.0 Å². The minimum absolute atomic E-state index is 0.734. The number of hydrogen-bond donors (Lipinski definition) is 2. The Bertz CT molecular complexity index is 487. The van der Waals surface area contributed by atoms with Crippen LogP contribution in [0.2, 0.25) is 0 Å². The van der Waals surface area contributed by atoms with Gasteiger partial charge in [-0.2, -0.15) is 0 Å². The molecule has 9 nitrogen and oxygen atoms in total. The molecule has 1 amide bonds. The molecule has 1 aliphatic rings. The number of methoxy groups -OCH3 is 2. The number of rotatable bonds is 5. The SMILES string of the molecule is COC(=O)C1C(C(=O)OC)C1[C@@H](NC(=O)OC(C)(C)C)C(=O)O. The number of carbonyl (C=O) groups is 4. The zero-order valence-electron chi connectivity index (χ0n) is 13.6. The molecule has 9 heteroatoms. The molecular formula is C14H21NO8. The largest absolute Gasteiger partial charge is 0.480 e. The van der Waals surface area contributed by atoms with Gasteiger partial charge in [0.15, 0.2) is 0 Å². The van der Waals surface area contributed by atoms with E-state index in [1.807, 2.05) is 0 Å². The first-order valence-corrected chi connectivity index (χ1v) is 6.91. The summed E-state index contributed by atoms with van der Waals surface area (Å²) in [4.78, 5) is 46.6. The fourth-order valence-corrected chi connectivity index (χ4v) is 2.39. The number of carboxylic acid groups (broad SMARTS) is 1. The molecule has 2 unspecified atom stereocenters. The molecule has 1 aliphatic carbocycles. The molecule has 1 rings (SSSR count). The first kappa shape index (κ1) is 18.7. The lowest BCUT2D eigenvalue weighted by Crippen LogP contribution is -2.45. The van der Waals surface area contributed by atoms with Crippen molar-refractivity contribution in [1.29, 1.82) is 0 Å². The van der Waals surface area contributed by atoms with E-state index in [-0.39, 0.29) is 0 Å². The van der Waals surface area contributed by atoms with Crippen LogP contribution < -0.4 is 5.32 Å². The van der Waals surface area contributed by atoms with Crippen LogP contribution in [0, 0.1) is 17.8 Å². The Kier molecular flexibility index (Phi) is 5.57. The maximum Gasteiger partial charge on any atom is 0.408 e. The second-order valence-corrected chi connectivity index (χ2v) is 6.14. The third-order valence-corrected chi connectivity index (χ3v) is 3.35. The van der Waals surface area contributed by atoms with Gasteiger partial charge in [0.2, 0.25) is 0 Å². The van der Waals surface area contributed by atoms with Gasteiger partial charge in [-0.05, 0) is 20.8 Å². The first-order chi connectivity index (χ1) is 10.5. The number of aliphatic carboxylic acids is 1. The molecule has 23 heavy (non-hydrogen) atoms. The molecule has 0 saturated heterocycles. The average Bonchev–Trinajstić information content (AvgIpc) is 3.15. The Morgan fingerprint density at radius 2 is 1.43 bits per heavy atom. The predicted molar refractivity (Wildman–Crippen MR) is 75.3 cm³/mol. The Hall–Kier alpha value is -2.32. The molecule has 0 aromatic carbocycles. The Labute approximate surface area is 133 Å². The van der Waals surface area contributed by atoms with Gasteiger partial charge in [0, 0.05) is 5.92 Å². The molecular weight excluding hydrogens is 310 g/mol. The molecule has 0 radical (unpaired) electrons. The van der Waals surface area contributed by atoms with E-state index in [1.54, 1.807) is 20.8 Å². The third kappa shape index (κ3) is 4.57. The molecule has 0 aromatic heterocycles. The highest BCUT2D eigenvalue weighted by Gasteiger charge is 2.65. The monoisotopic (exact) mass is 331 g/mol. The van der Waals surface area contributed by atoms with Crippen molar-refractivity contribution in [3.05, 3.63) is 0 Å². The molecule has 1 fully saturated rings. The molecule has 0 heterocycles. The zero-order chi connectivity index (χ0) is 17.9. The van der Waals surface area contributed by atoms with Crippen LogP contribution in [-0.2, 0) is 28.6 Å². The van der Waals surface area contributed by atoms with E-state index in [4.69, 9.17) is 4.74 Å². The van der Waals surface area contributed by atoms with Crippen LogP contribution in [0.4, 0.5) is 4.79 Å². The lowest BCUT2D eigenvalue weighted by Gasteiger charge is -2.22. The van der Waals surface area contributed by atoms with Gasteiger partial charge in [0.1, 0.15) is 11.6 Å². The highest BCUT2D eigenvalue weighted by Crippen LogP contribution is 2.50. The van der Waals surface area contributed by atoms with Crippen LogP contribution in [0.25, 0.3) is 0 Å². The van der Waals surface area contributed by atoms with Crippen LogP contribution in [0.5, 0.6) is 0 Å². The Morgan fingerprint density at radius 1 is 1.00 bits per heavy atom. The number of carbonyl (C=O) groups excluding carboxylic acids is 3. The van der Waals surface area contributed by atoms with E-state index in [1.165, 1.54) is 0 Å². The summed E-state index contributed by atoms with van der Waals surface area (Å²) < 4.78 is 14.1. The minimum Gasteiger partial charge on any atom is -0.480 e. The topological polar surface area (TPSA) is 128 Å². The van der Waals surface area contributed by atoms with Gasteiger partial charge in [-0.15, -0.1) is 0 Å². The van der Waals surface area contributed by atoms with Crippen molar-refractivity contribution in [3.8, 4) is 0 Å². The van der Waals surface area contributed by atoms with E-state index >= 15 is 0 Å². The summed E-state index contributed by atoms with van der Waals surface area (Å²) in [6.45, 7) is 4.86. The zero-order valence-corrected chi connectivity index (χ0v) is 13.6. The van der Waals surface area contributed by atoms with Crippen molar-refractivity contribution in [2.24, 2.45) is 17.8 Å². The summed E-state index contributed by atoms with van der Waals surface area (Å²) in [5.74, 6) is -5.78. The maximum atomic E-state index is 11.8. The van der Waals surface area contributed by atoms with Gasteiger partial charge < -0.3 is 24.6 Å². The summed E-state index contributed by atoms with van der Waals surface area (Å²) >= 11 is 0. The summed E-state index contributed by atoms with van der Waals surface area (Å²) in [5.41, 5.74) is -0.819. The van der Waals surface area contributed by atoms with Crippen molar-refractivity contribution < 1.29 is 38.5 Å². The Morgan fingerprint density at radius 3 is 1.74 bits per heavy atom. The van der Waals surface area contributed by atoms with Gasteiger partial charge in [-0.25, -0.2) is 9.59 Å². The first-order valence-electron chi connectivity index (χ1n) is 6.91. The van der Waals surface area contributed by atoms with Gasteiger partial charge in [0.05, 0.1) is 26.1 Å². The summed E-state index contributed by atoms with van der Waals surface area (Å²) in [7, 11) is 2.26. The normalized spacial score (nSPS) is 24.1. The number of carboxylic acids is 1. The van der Waals surface area contributed by atoms with E-state index < -0.39 is 53.4 Å².